The first kappa shape index (κ1) is 25.6. The number of halogens is 1. The van der Waals surface area contributed by atoms with Gasteiger partial charge >= 0.3 is 0 Å². The lowest BCUT2D eigenvalue weighted by Gasteiger charge is -2.15. The molecule has 0 fully saturated rings. The zero-order chi connectivity index (χ0) is 26.0. The Labute approximate surface area is 211 Å². The van der Waals surface area contributed by atoms with E-state index in [1.54, 1.807) is 27.2 Å². The molecule has 188 valence electrons. The minimum absolute atomic E-state index is 0.00533. The van der Waals surface area contributed by atoms with Crippen LogP contribution >= 0.6 is 11.8 Å². The number of amides is 1. The fourth-order valence-corrected chi connectivity index (χ4v) is 4.64. The van der Waals surface area contributed by atoms with E-state index < -0.39 is 5.82 Å². The standard InChI is InChI=1S/C26H28FN5O3S/c1-5-16(4)28-23(34)18-8-11-20-21(12-18)32-25(31(24(20)35)13-15(2)3)29-30-26(32)36-14-22(33)17-6-9-19(27)10-7-17/h6-12,15-16H,5,13-14H2,1-4H3,(H,28,34). The van der Waals surface area contributed by atoms with Crippen LogP contribution in [0.4, 0.5) is 4.39 Å². The van der Waals surface area contributed by atoms with Gasteiger partial charge in [-0.3, -0.25) is 23.4 Å². The summed E-state index contributed by atoms with van der Waals surface area (Å²) in [5.41, 5.74) is 1.08. The molecule has 36 heavy (non-hydrogen) atoms. The molecule has 0 bridgehead atoms. The van der Waals surface area contributed by atoms with Crippen LogP contribution in [0.15, 0.2) is 52.4 Å². The smallest absolute Gasteiger partial charge is 0.262 e. The Bertz CT molecular complexity index is 1490. The molecule has 0 saturated carbocycles. The van der Waals surface area contributed by atoms with E-state index in [1.165, 1.54) is 36.0 Å². The Morgan fingerprint density at radius 3 is 2.42 bits per heavy atom. The van der Waals surface area contributed by atoms with Gasteiger partial charge in [-0.15, -0.1) is 10.2 Å². The summed E-state index contributed by atoms with van der Waals surface area (Å²) < 4.78 is 16.5. The predicted octanol–water partition coefficient (Wildman–Crippen LogP) is 4.34. The minimum atomic E-state index is -0.412. The fourth-order valence-electron chi connectivity index (χ4n) is 3.80. The molecule has 0 aliphatic carbocycles. The molecule has 1 atom stereocenters. The van der Waals surface area contributed by atoms with Crippen molar-refractivity contribution in [2.75, 3.05) is 5.75 Å². The minimum Gasteiger partial charge on any atom is -0.350 e. The van der Waals surface area contributed by atoms with Crippen molar-refractivity contribution >= 4 is 40.1 Å². The molecule has 8 nitrogen and oxygen atoms in total. The van der Waals surface area contributed by atoms with Gasteiger partial charge in [-0.25, -0.2) is 4.39 Å². The van der Waals surface area contributed by atoms with Crippen LogP contribution in [0.25, 0.3) is 16.7 Å². The molecular weight excluding hydrogens is 481 g/mol. The van der Waals surface area contributed by atoms with Crippen molar-refractivity contribution in [2.24, 2.45) is 5.92 Å². The maximum Gasteiger partial charge on any atom is 0.262 e. The molecule has 0 aliphatic heterocycles. The second kappa shape index (κ2) is 10.6. The highest BCUT2D eigenvalue weighted by Gasteiger charge is 2.20. The van der Waals surface area contributed by atoms with E-state index in [-0.39, 0.29) is 35.0 Å². The van der Waals surface area contributed by atoms with Crippen LogP contribution < -0.4 is 10.9 Å². The van der Waals surface area contributed by atoms with Gasteiger partial charge in [0.15, 0.2) is 10.9 Å². The molecular formula is C26H28FN5O3S. The van der Waals surface area contributed by atoms with Gasteiger partial charge in [0.2, 0.25) is 5.78 Å². The molecule has 0 aliphatic rings. The van der Waals surface area contributed by atoms with E-state index >= 15 is 0 Å². The Kier molecular flexibility index (Phi) is 7.53. The lowest BCUT2D eigenvalue weighted by atomic mass is 10.1. The van der Waals surface area contributed by atoms with Crippen molar-refractivity contribution in [3.8, 4) is 0 Å². The summed E-state index contributed by atoms with van der Waals surface area (Å²) in [7, 11) is 0. The molecule has 1 amide bonds. The zero-order valence-corrected chi connectivity index (χ0v) is 21.4. The van der Waals surface area contributed by atoms with E-state index in [9.17, 15) is 18.8 Å². The first-order chi connectivity index (χ1) is 17.2. The van der Waals surface area contributed by atoms with Gasteiger partial charge in [-0.05, 0) is 61.7 Å². The summed E-state index contributed by atoms with van der Waals surface area (Å²) in [5, 5.41) is 12.3. The number of nitrogens with one attached hydrogen (secondary N) is 1. The van der Waals surface area contributed by atoms with Crippen molar-refractivity contribution in [1.29, 1.82) is 0 Å². The summed E-state index contributed by atoms with van der Waals surface area (Å²) in [5.74, 6) is -0.268. The predicted molar refractivity (Wildman–Crippen MR) is 138 cm³/mol. The summed E-state index contributed by atoms with van der Waals surface area (Å²) in [6, 6.07) is 10.3. The van der Waals surface area contributed by atoms with E-state index in [1.807, 2.05) is 27.7 Å². The third kappa shape index (κ3) is 5.18. The van der Waals surface area contributed by atoms with Crippen LogP contribution in [-0.4, -0.2) is 42.7 Å². The molecule has 0 radical (unpaired) electrons. The van der Waals surface area contributed by atoms with Gasteiger partial charge in [-0.2, -0.15) is 0 Å². The first-order valence-corrected chi connectivity index (χ1v) is 12.8. The number of Topliss-reactive ketones (excluding diaryl/α,β-unsaturated/α-hetero) is 1. The first-order valence-electron chi connectivity index (χ1n) is 11.8. The maximum atomic E-state index is 13.4. The lowest BCUT2D eigenvalue weighted by molar-refractivity contribution is 0.0938. The average molecular weight is 510 g/mol. The summed E-state index contributed by atoms with van der Waals surface area (Å²) in [6.07, 6.45) is 0.789. The maximum absolute atomic E-state index is 13.4. The van der Waals surface area contributed by atoms with Crippen LogP contribution in [0.5, 0.6) is 0 Å². The molecule has 4 aromatic rings. The second-order valence-corrected chi connectivity index (χ2v) is 10.1. The highest BCUT2D eigenvalue weighted by molar-refractivity contribution is 7.99. The largest absolute Gasteiger partial charge is 0.350 e. The lowest BCUT2D eigenvalue weighted by Crippen LogP contribution is -2.32. The van der Waals surface area contributed by atoms with E-state index in [4.69, 9.17) is 0 Å². The van der Waals surface area contributed by atoms with E-state index in [2.05, 4.69) is 15.5 Å². The van der Waals surface area contributed by atoms with Gasteiger partial charge in [0.05, 0.1) is 16.7 Å². The highest BCUT2D eigenvalue weighted by atomic mass is 32.2. The number of hydrogen-bond acceptors (Lipinski definition) is 6. The van der Waals surface area contributed by atoms with Crippen LogP contribution in [0.3, 0.4) is 0 Å². The van der Waals surface area contributed by atoms with Crippen LogP contribution in [-0.2, 0) is 6.54 Å². The van der Waals surface area contributed by atoms with Crippen molar-refractivity contribution in [1.82, 2.24) is 24.5 Å². The Morgan fingerprint density at radius 1 is 1.06 bits per heavy atom. The van der Waals surface area contributed by atoms with Crippen molar-refractivity contribution in [3.05, 3.63) is 69.8 Å². The summed E-state index contributed by atoms with van der Waals surface area (Å²) in [4.78, 5) is 38.8. The van der Waals surface area contributed by atoms with Gasteiger partial charge in [0.25, 0.3) is 11.5 Å². The number of nitrogens with zero attached hydrogens (tertiary/aromatic N) is 4. The monoisotopic (exact) mass is 509 g/mol. The SMILES string of the molecule is CCC(C)NC(=O)c1ccc2c(=O)n(CC(C)C)c3nnc(SCC(=O)c4ccc(F)cc4)n3c2c1. The zero-order valence-electron chi connectivity index (χ0n) is 20.6. The third-order valence-electron chi connectivity index (χ3n) is 5.87. The highest BCUT2D eigenvalue weighted by Crippen LogP contribution is 2.24. The number of benzene rings is 2. The summed E-state index contributed by atoms with van der Waals surface area (Å²) in [6.45, 7) is 8.35. The molecule has 2 aromatic heterocycles. The fraction of sp³-hybridized carbons (Fsp3) is 0.346. The van der Waals surface area contributed by atoms with Gasteiger partial charge in [0, 0.05) is 23.7 Å². The summed E-state index contributed by atoms with van der Waals surface area (Å²) >= 11 is 1.17. The number of rotatable bonds is 9. The molecule has 2 aromatic carbocycles. The number of carbonyl (C=O) groups is 2. The molecule has 1 N–H and O–H groups in total. The molecule has 4 rings (SSSR count). The number of ketones is 1. The van der Waals surface area contributed by atoms with Gasteiger partial charge in [0.1, 0.15) is 5.82 Å². The number of aromatic nitrogens is 4. The van der Waals surface area contributed by atoms with Crippen molar-refractivity contribution in [2.45, 2.75) is 51.9 Å². The van der Waals surface area contributed by atoms with E-state index in [0.29, 0.717) is 39.5 Å². The van der Waals surface area contributed by atoms with Gasteiger partial charge in [-0.1, -0.05) is 32.5 Å². The van der Waals surface area contributed by atoms with E-state index in [0.717, 1.165) is 6.42 Å². The number of thioether (sulfide) groups is 1. The Balaban J connectivity index is 1.80. The third-order valence-corrected chi connectivity index (χ3v) is 6.80. The van der Waals surface area contributed by atoms with Crippen molar-refractivity contribution in [3.63, 3.8) is 0 Å². The average Bonchev–Trinajstić information content (AvgIpc) is 3.29. The number of fused-ring (bicyclic) bond motifs is 3. The van der Waals surface area contributed by atoms with Crippen LogP contribution in [0.1, 0.15) is 54.8 Å². The molecule has 0 saturated heterocycles. The number of carbonyl (C=O) groups excluding carboxylic acids is 2. The quantitative estimate of drug-likeness (QED) is 0.266. The van der Waals surface area contributed by atoms with Crippen molar-refractivity contribution < 1.29 is 14.0 Å². The van der Waals surface area contributed by atoms with Crippen LogP contribution in [0, 0.1) is 11.7 Å². The Hall–Kier alpha value is -3.53. The Morgan fingerprint density at radius 2 is 1.75 bits per heavy atom. The second-order valence-electron chi connectivity index (χ2n) is 9.16. The molecule has 10 heteroatoms. The normalized spacial score (nSPS) is 12.4. The topological polar surface area (TPSA) is 98.4 Å². The molecule has 0 spiro atoms. The number of hydrogen-bond donors (Lipinski definition) is 1. The van der Waals surface area contributed by atoms with Gasteiger partial charge < -0.3 is 5.32 Å². The molecule has 2 heterocycles. The molecule has 1 unspecified atom stereocenters. The van der Waals surface area contributed by atoms with Crippen LogP contribution in [0.2, 0.25) is 0 Å².